The van der Waals surface area contributed by atoms with E-state index in [0.29, 0.717) is 5.69 Å². The molecule has 0 aliphatic heterocycles. The summed E-state index contributed by atoms with van der Waals surface area (Å²) in [5.41, 5.74) is 6.36. The van der Waals surface area contributed by atoms with Crippen LogP contribution in [0.3, 0.4) is 0 Å². The maximum atomic E-state index is 12.0. The van der Waals surface area contributed by atoms with Gasteiger partial charge in [-0.3, -0.25) is 4.79 Å². The number of nitrogens with one attached hydrogen (secondary N) is 1. The van der Waals surface area contributed by atoms with E-state index in [4.69, 9.17) is 5.73 Å². The van der Waals surface area contributed by atoms with Crippen molar-refractivity contribution in [1.82, 2.24) is 0 Å². The van der Waals surface area contributed by atoms with Gasteiger partial charge in [-0.05, 0) is 37.1 Å². The number of nitrogens with two attached hydrogens (primary N) is 1. The topological polar surface area (TPSA) is 64.4 Å². The van der Waals surface area contributed by atoms with E-state index < -0.39 is 12.2 Å². The Morgan fingerprint density at radius 2 is 1.86 bits per heavy atom. The highest BCUT2D eigenvalue weighted by Crippen LogP contribution is 2.29. The summed E-state index contributed by atoms with van der Waals surface area (Å²) < 4.78 is 28.3. The van der Waals surface area contributed by atoms with E-state index in [-0.39, 0.29) is 18.1 Å². The zero-order valence-electron chi connectivity index (χ0n) is 11.8. The number of benzene rings is 1. The lowest BCUT2D eigenvalue weighted by Crippen LogP contribution is -2.44. The van der Waals surface area contributed by atoms with Crippen molar-refractivity contribution in [2.45, 2.75) is 50.7 Å². The van der Waals surface area contributed by atoms with E-state index in [9.17, 15) is 13.6 Å². The average molecular weight is 298 g/mol. The second-order valence-electron chi connectivity index (χ2n) is 5.55. The Kier molecular flexibility index (Phi) is 5.12. The van der Waals surface area contributed by atoms with Crippen LogP contribution in [0.4, 0.5) is 14.5 Å². The van der Waals surface area contributed by atoms with Crippen molar-refractivity contribution in [3.05, 3.63) is 24.3 Å². The van der Waals surface area contributed by atoms with Gasteiger partial charge in [-0.1, -0.05) is 19.3 Å². The van der Waals surface area contributed by atoms with Crippen molar-refractivity contribution in [3.63, 3.8) is 0 Å². The SMILES string of the molecule is NC1(CC(=O)Nc2ccc(OC(F)F)cc2)CCCCC1. The van der Waals surface area contributed by atoms with Gasteiger partial charge < -0.3 is 15.8 Å². The standard InChI is InChI=1S/C15H20F2N2O2/c16-14(17)21-12-6-4-11(5-7-12)19-13(20)10-15(18)8-2-1-3-9-15/h4-7,14H,1-3,8-10,18H2,(H,19,20). The molecule has 0 atom stereocenters. The Morgan fingerprint density at radius 3 is 2.43 bits per heavy atom. The number of hydrogen-bond acceptors (Lipinski definition) is 3. The summed E-state index contributed by atoms with van der Waals surface area (Å²) in [5.74, 6) is -0.0903. The summed E-state index contributed by atoms with van der Waals surface area (Å²) in [6.45, 7) is -2.85. The van der Waals surface area contributed by atoms with Gasteiger partial charge in [0.1, 0.15) is 5.75 Å². The number of halogens is 2. The number of anilines is 1. The Hall–Kier alpha value is -1.69. The Labute approximate surface area is 122 Å². The minimum atomic E-state index is -2.85. The highest BCUT2D eigenvalue weighted by molar-refractivity contribution is 5.91. The molecule has 1 aliphatic rings. The molecule has 0 aromatic heterocycles. The molecule has 4 nitrogen and oxygen atoms in total. The van der Waals surface area contributed by atoms with Crippen molar-refractivity contribution in [3.8, 4) is 5.75 Å². The van der Waals surface area contributed by atoms with Crippen LogP contribution in [0.5, 0.6) is 5.75 Å². The molecule has 0 unspecified atom stereocenters. The van der Waals surface area contributed by atoms with Crippen LogP contribution < -0.4 is 15.8 Å². The van der Waals surface area contributed by atoms with Crippen molar-refractivity contribution < 1.29 is 18.3 Å². The quantitative estimate of drug-likeness (QED) is 0.876. The number of alkyl halides is 2. The fraction of sp³-hybridized carbons (Fsp3) is 0.533. The van der Waals surface area contributed by atoms with Gasteiger partial charge in [-0.25, -0.2) is 0 Å². The van der Waals surface area contributed by atoms with E-state index in [0.717, 1.165) is 25.7 Å². The Bertz CT molecular complexity index is 471. The lowest BCUT2D eigenvalue weighted by molar-refractivity contribution is -0.117. The van der Waals surface area contributed by atoms with Gasteiger partial charge in [-0.15, -0.1) is 0 Å². The second-order valence-corrected chi connectivity index (χ2v) is 5.55. The van der Waals surface area contributed by atoms with Gasteiger partial charge in [-0.2, -0.15) is 8.78 Å². The average Bonchev–Trinajstić information content (AvgIpc) is 2.40. The third kappa shape index (κ3) is 4.97. The number of amides is 1. The fourth-order valence-corrected chi connectivity index (χ4v) is 2.68. The molecule has 21 heavy (non-hydrogen) atoms. The lowest BCUT2D eigenvalue weighted by Gasteiger charge is -2.32. The molecule has 1 saturated carbocycles. The van der Waals surface area contributed by atoms with Crippen LogP contribution in [0.2, 0.25) is 0 Å². The van der Waals surface area contributed by atoms with Gasteiger partial charge >= 0.3 is 6.61 Å². The molecule has 0 bridgehead atoms. The Morgan fingerprint density at radius 1 is 1.24 bits per heavy atom. The normalized spacial score (nSPS) is 17.5. The highest BCUT2D eigenvalue weighted by Gasteiger charge is 2.29. The largest absolute Gasteiger partial charge is 0.435 e. The third-order valence-corrected chi connectivity index (χ3v) is 3.73. The molecule has 0 saturated heterocycles. The minimum Gasteiger partial charge on any atom is -0.435 e. The summed E-state index contributed by atoms with van der Waals surface area (Å²) in [5, 5.41) is 2.73. The van der Waals surface area contributed by atoms with E-state index in [1.807, 2.05) is 0 Å². The van der Waals surface area contributed by atoms with E-state index in [1.54, 1.807) is 0 Å². The summed E-state index contributed by atoms with van der Waals surface area (Å²) >= 11 is 0. The fourth-order valence-electron chi connectivity index (χ4n) is 2.68. The van der Waals surface area contributed by atoms with Crippen LogP contribution in [-0.2, 0) is 4.79 Å². The van der Waals surface area contributed by atoms with Gasteiger partial charge in [0, 0.05) is 17.6 Å². The van der Waals surface area contributed by atoms with Gasteiger partial charge in [0.25, 0.3) is 0 Å². The summed E-state index contributed by atoms with van der Waals surface area (Å²) in [6, 6.07) is 5.83. The van der Waals surface area contributed by atoms with Crippen LogP contribution in [-0.4, -0.2) is 18.1 Å². The lowest BCUT2D eigenvalue weighted by atomic mass is 9.80. The summed E-state index contributed by atoms with van der Waals surface area (Å²) in [7, 11) is 0. The van der Waals surface area contributed by atoms with Crippen LogP contribution in [0.1, 0.15) is 38.5 Å². The molecule has 1 aromatic rings. The van der Waals surface area contributed by atoms with Gasteiger partial charge in [0.2, 0.25) is 5.91 Å². The molecule has 6 heteroatoms. The number of hydrogen-bond donors (Lipinski definition) is 2. The summed E-state index contributed by atoms with van der Waals surface area (Å²) in [4.78, 5) is 12.0. The highest BCUT2D eigenvalue weighted by atomic mass is 19.3. The molecule has 1 fully saturated rings. The molecule has 0 radical (unpaired) electrons. The molecule has 1 aliphatic carbocycles. The van der Waals surface area contributed by atoms with Crippen molar-refractivity contribution in [2.75, 3.05) is 5.32 Å². The second kappa shape index (κ2) is 6.85. The molecule has 0 heterocycles. The third-order valence-electron chi connectivity index (χ3n) is 3.73. The van der Waals surface area contributed by atoms with E-state index in [1.165, 1.54) is 30.7 Å². The van der Waals surface area contributed by atoms with E-state index in [2.05, 4.69) is 10.1 Å². The van der Waals surface area contributed by atoms with Crippen molar-refractivity contribution >= 4 is 11.6 Å². The smallest absolute Gasteiger partial charge is 0.387 e. The predicted octanol–water partition coefficient (Wildman–Crippen LogP) is 3.28. The maximum absolute atomic E-state index is 12.0. The van der Waals surface area contributed by atoms with E-state index >= 15 is 0 Å². The number of ether oxygens (including phenoxy) is 1. The number of carbonyl (C=O) groups is 1. The monoisotopic (exact) mass is 298 g/mol. The first-order chi connectivity index (χ1) is 9.97. The van der Waals surface area contributed by atoms with Crippen LogP contribution in [0, 0.1) is 0 Å². The van der Waals surface area contributed by atoms with Crippen molar-refractivity contribution in [2.24, 2.45) is 5.73 Å². The molecule has 1 aromatic carbocycles. The van der Waals surface area contributed by atoms with Crippen molar-refractivity contribution in [1.29, 1.82) is 0 Å². The zero-order valence-corrected chi connectivity index (χ0v) is 11.8. The molecular weight excluding hydrogens is 278 g/mol. The van der Waals surface area contributed by atoms with Crippen LogP contribution >= 0.6 is 0 Å². The van der Waals surface area contributed by atoms with Crippen LogP contribution in [0.25, 0.3) is 0 Å². The number of carbonyl (C=O) groups excluding carboxylic acids is 1. The predicted molar refractivity (Wildman–Crippen MR) is 76.3 cm³/mol. The number of rotatable bonds is 5. The molecule has 116 valence electrons. The molecular formula is C15H20F2N2O2. The molecule has 0 spiro atoms. The maximum Gasteiger partial charge on any atom is 0.387 e. The minimum absolute atomic E-state index is 0.0607. The first kappa shape index (κ1) is 15.7. The molecule has 1 amide bonds. The van der Waals surface area contributed by atoms with Gasteiger partial charge in [0.05, 0.1) is 0 Å². The van der Waals surface area contributed by atoms with Crippen LogP contribution in [0.15, 0.2) is 24.3 Å². The summed E-state index contributed by atoms with van der Waals surface area (Å²) in [6.07, 6.45) is 5.30. The zero-order chi connectivity index (χ0) is 15.3. The van der Waals surface area contributed by atoms with Gasteiger partial charge in [0.15, 0.2) is 0 Å². The first-order valence-corrected chi connectivity index (χ1v) is 7.10. The molecule has 3 N–H and O–H groups in total. The molecule has 2 rings (SSSR count). The Balaban J connectivity index is 1.87. The first-order valence-electron chi connectivity index (χ1n) is 7.10.